The molecule has 2 aromatic rings. The van der Waals surface area contributed by atoms with Crippen molar-refractivity contribution < 1.29 is 0 Å². The highest BCUT2D eigenvalue weighted by Gasteiger charge is 2.23. The van der Waals surface area contributed by atoms with Crippen LogP contribution in [0, 0.1) is 0 Å². The average Bonchev–Trinajstić information content (AvgIpc) is 3.14. The minimum atomic E-state index is 0.625. The molecule has 1 aliphatic rings. The fourth-order valence-corrected chi connectivity index (χ4v) is 3.93. The highest BCUT2D eigenvalue weighted by atomic mass is 15.4. The van der Waals surface area contributed by atoms with Crippen LogP contribution in [0.15, 0.2) is 24.3 Å². The molecule has 1 aliphatic heterocycles. The van der Waals surface area contributed by atoms with E-state index in [0.29, 0.717) is 6.04 Å². The smallest absolute Gasteiger partial charge is 0.181 e. The zero-order chi connectivity index (χ0) is 21.7. The molecule has 3 rings (SSSR count). The van der Waals surface area contributed by atoms with Gasteiger partial charge in [0.15, 0.2) is 5.82 Å². The molecule has 1 saturated heterocycles. The standard InChI is InChI=1S/C23H39N7/c1-7-28(6)20-12-10-19(11-13-20)23-24-22(30(25-23)16-15-26(2)3)18-29-14-8-9-21(17-29)27(4)5/h10-13,21H,7-9,14-18H2,1-6H3. The van der Waals surface area contributed by atoms with Gasteiger partial charge in [-0.3, -0.25) is 4.90 Å². The monoisotopic (exact) mass is 413 g/mol. The maximum Gasteiger partial charge on any atom is 0.181 e. The largest absolute Gasteiger partial charge is 0.375 e. The number of rotatable bonds is 9. The first-order valence-corrected chi connectivity index (χ1v) is 11.2. The van der Waals surface area contributed by atoms with Crippen molar-refractivity contribution in [3.63, 3.8) is 0 Å². The highest BCUT2D eigenvalue weighted by molar-refractivity contribution is 5.60. The van der Waals surface area contributed by atoms with Gasteiger partial charge < -0.3 is 14.7 Å². The lowest BCUT2D eigenvalue weighted by atomic mass is 10.1. The maximum atomic E-state index is 4.98. The molecular formula is C23H39N7. The zero-order valence-electron chi connectivity index (χ0n) is 19.7. The van der Waals surface area contributed by atoms with Gasteiger partial charge in [-0.2, -0.15) is 5.10 Å². The molecule has 0 spiro atoms. The van der Waals surface area contributed by atoms with Gasteiger partial charge in [0.2, 0.25) is 0 Å². The minimum Gasteiger partial charge on any atom is -0.375 e. The minimum absolute atomic E-state index is 0.625. The fourth-order valence-electron chi connectivity index (χ4n) is 3.93. The lowest BCUT2D eigenvalue weighted by molar-refractivity contribution is 0.124. The molecule has 166 valence electrons. The molecule has 2 heterocycles. The number of aromatic nitrogens is 3. The molecule has 1 atom stereocenters. The lowest BCUT2D eigenvalue weighted by Gasteiger charge is -2.35. The zero-order valence-corrected chi connectivity index (χ0v) is 19.7. The van der Waals surface area contributed by atoms with Crippen molar-refractivity contribution in [2.24, 2.45) is 0 Å². The van der Waals surface area contributed by atoms with E-state index in [1.165, 1.54) is 18.5 Å². The maximum absolute atomic E-state index is 4.98. The number of piperidine rings is 1. The molecule has 0 saturated carbocycles. The molecule has 0 radical (unpaired) electrons. The molecule has 1 unspecified atom stereocenters. The lowest BCUT2D eigenvalue weighted by Crippen LogP contribution is -2.45. The average molecular weight is 414 g/mol. The summed E-state index contributed by atoms with van der Waals surface area (Å²) in [6.45, 7) is 8.06. The van der Waals surface area contributed by atoms with Crippen LogP contribution < -0.4 is 4.90 Å². The van der Waals surface area contributed by atoms with E-state index >= 15 is 0 Å². The van der Waals surface area contributed by atoms with E-state index in [0.717, 1.165) is 56.5 Å². The Labute approximate surface area is 182 Å². The Kier molecular flexibility index (Phi) is 7.86. The molecule has 0 N–H and O–H groups in total. The number of likely N-dealkylation sites (N-methyl/N-ethyl adjacent to an activating group) is 2. The highest BCUT2D eigenvalue weighted by Crippen LogP contribution is 2.22. The number of hydrogen-bond acceptors (Lipinski definition) is 6. The third-order valence-corrected chi connectivity index (χ3v) is 6.12. The summed E-state index contributed by atoms with van der Waals surface area (Å²) in [5.41, 5.74) is 2.30. The summed E-state index contributed by atoms with van der Waals surface area (Å²) in [6.07, 6.45) is 2.52. The summed E-state index contributed by atoms with van der Waals surface area (Å²) in [5.74, 6) is 1.90. The van der Waals surface area contributed by atoms with E-state index < -0.39 is 0 Å². The number of hydrogen-bond donors (Lipinski definition) is 0. The summed E-state index contributed by atoms with van der Waals surface area (Å²) in [6, 6.07) is 9.22. The first kappa shape index (κ1) is 22.7. The van der Waals surface area contributed by atoms with Gasteiger partial charge in [0.05, 0.1) is 13.1 Å². The topological polar surface area (TPSA) is 43.7 Å². The van der Waals surface area contributed by atoms with E-state index in [9.17, 15) is 0 Å². The first-order chi connectivity index (χ1) is 14.4. The molecule has 0 bridgehead atoms. The Morgan fingerprint density at radius 3 is 2.43 bits per heavy atom. The van der Waals surface area contributed by atoms with Crippen LogP contribution in [0.2, 0.25) is 0 Å². The van der Waals surface area contributed by atoms with Gasteiger partial charge in [0.25, 0.3) is 0 Å². The summed E-state index contributed by atoms with van der Waals surface area (Å²) < 4.78 is 2.11. The van der Waals surface area contributed by atoms with E-state index in [2.05, 4.69) is 90.7 Å². The van der Waals surface area contributed by atoms with E-state index in [-0.39, 0.29) is 0 Å². The van der Waals surface area contributed by atoms with Crippen LogP contribution in [0.4, 0.5) is 5.69 Å². The van der Waals surface area contributed by atoms with Crippen molar-refractivity contribution in [2.75, 3.05) is 66.3 Å². The van der Waals surface area contributed by atoms with Crippen molar-refractivity contribution in [3.05, 3.63) is 30.1 Å². The van der Waals surface area contributed by atoms with Crippen molar-refractivity contribution in [2.45, 2.75) is 38.9 Å². The third kappa shape index (κ3) is 5.80. The summed E-state index contributed by atoms with van der Waals surface area (Å²) in [7, 11) is 10.7. The molecule has 0 aliphatic carbocycles. The van der Waals surface area contributed by atoms with Crippen LogP contribution in [-0.4, -0.2) is 96.9 Å². The van der Waals surface area contributed by atoms with Gasteiger partial charge in [0, 0.05) is 44.0 Å². The molecule has 1 aromatic carbocycles. The quantitative estimate of drug-likeness (QED) is 0.629. The van der Waals surface area contributed by atoms with E-state index in [1.54, 1.807) is 0 Å². The number of benzene rings is 1. The normalized spacial score (nSPS) is 17.8. The van der Waals surface area contributed by atoms with E-state index in [4.69, 9.17) is 10.1 Å². The van der Waals surface area contributed by atoms with Crippen LogP contribution >= 0.6 is 0 Å². The number of anilines is 1. The molecule has 1 fully saturated rings. The van der Waals surface area contributed by atoms with Crippen molar-refractivity contribution in [1.82, 2.24) is 29.5 Å². The Balaban J connectivity index is 1.80. The van der Waals surface area contributed by atoms with Crippen LogP contribution in [0.5, 0.6) is 0 Å². The predicted molar refractivity (Wildman–Crippen MR) is 125 cm³/mol. The Hall–Kier alpha value is -1.96. The van der Waals surface area contributed by atoms with Crippen molar-refractivity contribution >= 4 is 5.69 Å². The van der Waals surface area contributed by atoms with Gasteiger partial charge in [-0.25, -0.2) is 9.67 Å². The van der Waals surface area contributed by atoms with Crippen molar-refractivity contribution in [3.8, 4) is 11.4 Å². The Morgan fingerprint density at radius 1 is 1.07 bits per heavy atom. The van der Waals surface area contributed by atoms with Crippen LogP contribution in [-0.2, 0) is 13.1 Å². The Morgan fingerprint density at radius 2 is 1.80 bits per heavy atom. The molecule has 0 amide bonds. The van der Waals surface area contributed by atoms with Gasteiger partial charge >= 0.3 is 0 Å². The van der Waals surface area contributed by atoms with Gasteiger partial charge in [-0.15, -0.1) is 0 Å². The molecule has 7 heteroatoms. The molecule has 7 nitrogen and oxygen atoms in total. The van der Waals surface area contributed by atoms with Gasteiger partial charge in [-0.1, -0.05) is 0 Å². The van der Waals surface area contributed by atoms with Crippen LogP contribution in [0.3, 0.4) is 0 Å². The van der Waals surface area contributed by atoms with Gasteiger partial charge in [0.1, 0.15) is 5.82 Å². The van der Waals surface area contributed by atoms with Crippen LogP contribution in [0.25, 0.3) is 11.4 Å². The third-order valence-electron chi connectivity index (χ3n) is 6.12. The second-order valence-corrected chi connectivity index (χ2v) is 8.93. The predicted octanol–water partition coefficient (Wildman–Crippen LogP) is 2.49. The van der Waals surface area contributed by atoms with Crippen LogP contribution in [0.1, 0.15) is 25.6 Å². The molecule has 30 heavy (non-hydrogen) atoms. The number of nitrogens with zero attached hydrogens (tertiary/aromatic N) is 7. The SMILES string of the molecule is CCN(C)c1ccc(-c2nc(CN3CCCC(N(C)C)C3)n(CCN(C)C)n2)cc1. The second-order valence-electron chi connectivity index (χ2n) is 8.93. The molecular weight excluding hydrogens is 374 g/mol. The van der Waals surface area contributed by atoms with Crippen molar-refractivity contribution in [1.29, 1.82) is 0 Å². The molecule has 1 aromatic heterocycles. The van der Waals surface area contributed by atoms with E-state index in [1.807, 2.05) is 0 Å². The first-order valence-electron chi connectivity index (χ1n) is 11.2. The van der Waals surface area contributed by atoms with Gasteiger partial charge in [-0.05, 0) is 78.8 Å². The Bertz CT molecular complexity index is 781. The number of likely N-dealkylation sites (tertiary alicyclic amines) is 1. The summed E-state index contributed by atoms with van der Waals surface area (Å²) in [5, 5.41) is 4.89. The fraction of sp³-hybridized carbons (Fsp3) is 0.652. The summed E-state index contributed by atoms with van der Waals surface area (Å²) >= 11 is 0. The second kappa shape index (κ2) is 10.4. The summed E-state index contributed by atoms with van der Waals surface area (Å²) in [4.78, 5) is 14.3.